The topological polar surface area (TPSA) is 44.9 Å². The fourth-order valence-electron chi connectivity index (χ4n) is 2.04. The molecule has 0 aliphatic carbocycles. The summed E-state index contributed by atoms with van der Waals surface area (Å²) < 4.78 is 1.94. The van der Waals surface area contributed by atoms with Gasteiger partial charge in [-0.2, -0.15) is 10.4 Å². The van der Waals surface area contributed by atoms with Crippen LogP contribution in [0.4, 0.5) is 0 Å². The van der Waals surface area contributed by atoms with Crippen molar-refractivity contribution in [3.63, 3.8) is 0 Å². The zero-order valence-electron chi connectivity index (χ0n) is 8.84. The number of aromatic nitrogens is 2. The predicted octanol–water partition coefficient (Wildman–Crippen LogP) is 1.12. The average molecular weight is 204 g/mol. The molecule has 0 aromatic carbocycles. The van der Waals surface area contributed by atoms with E-state index in [4.69, 9.17) is 5.26 Å². The maximum absolute atomic E-state index is 8.87. The average Bonchev–Trinajstić information content (AvgIpc) is 2.79. The molecule has 0 spiro atoms. The van der Waals surface area contributed by atoms with Crippen LogP contribution in [0.2, 0.25) is 0 Å². The number of rotatable bonds is 3. The van der Waals surface area contributed by atoms with Gasteiger partial charge in [0, 0.05) is 25.5 Å². The van der Waals surface area contributed by atoms with E-state index in [2.05, 4.69) is 16.1 Å². The van der Waals surface area contributed by atoms with Gasteiger partial charge in [0.2, 0.25) is 0 Å². The molecule has 1 saturated heterocycles. The molecular weight excluding hydrogens is 188 g/mol. The fourth-order valence-corrected chi connectivity index (χ4v) is 2.04. The molecule has 15 heavy (non-hydrogen) atoms. The molecule has 0 saturated carbocycles. The fraction of sp³-hybridized carbons (Fsp3) is 0.636. The Kier molecular flexibility index (Phi) is 3.36. The molecule has 0 bridgehead atoms. The van der Waals surface area contributed by atoms with Crippen molar-refractivity contribution in [3.8, 4) is 6.07 Å². The first-order valence-electron chi connectivity index (χ1n) is 5.48. The summed E-state index contributed by atoms with van der Waals surface area (Å²) in [6, 6.07) is 4.30. The first-order chi connectivity index (χ1) is 7.38. The lowest BCUT2D eigenvalue weighted by Crippen LogP contribution is -2.37. The molecule has 1 unspecified atom stereocenters. The van der Waals surface area contributed by atoms with Gasteiger partial charge in [-0.05, 0) is 25.5 Å². The quantitative estimate of drug-likeness (QED) is 0.741. The molecule has 80 valence electrons. The molecule has 0 radical (unpaired) electrons. The van der Waals surface area contributed by atoms with E-state index in [1.54, 1.807) is 6.20 Å². The Morgan fingerprint density at radius 2 is 2.40 bits per heavy atom. The van der Waals surface area contributed by atoms with Crippen LogP contribution in [-0.2, 0) is 6.54 Å². The first-order valence-corrected chi connectivity index (χ1v) is 5.48. The summed E-state index contributed by atoms with van der Waals surface area (Å²) in [5.74, 6) is 0.233. The van der Waals surface area contributed by atoms with Crippen molar-refractivity contribution < 1.29 is 0 Å². The van der Waals surface area contributed by atoms with Crippen molar-refractivity contribution in [2.24, 2.45) is 5.92 Å². The third-order valence-corrected chi connectivity index (χ3v) is 2.89. The molecule has 2 rings (SSSR count). The van der Waals surface area contributed by atoms with Crippen LogP contribution < -0.4 is 0 Å². The minimum absolute atomic E-state index is 0.233. The third kappa shape index (κ3) is 2.80. The molecule has 0 amide bonds. The normalized spacial score (nSPS) is 22.5. The van der Waals surface area contributed by atoms with Crippen molar-refractivity contribution >= 4 is 0 Å². The van der Waals surface area contributed by atoms with Gasteiger partial charge in [0.1, 0.15) is 0 Å². The van der Waals surface area contributed by atoms with Crippen LogP contribution in [0.1, 0.15) is 12.8 Å². The highest BCUT2D eigenvalue weighted by molar-refractivity contribution is 4.88. The van der Waals surface area contributed by atoms with E-state index in [1.165, 1.54) is 0 Å². The largest absolute Gasteiger partial charge is 0.300 e. The van der Waals surface area contributed by atoms with E-state index in [1.807, 2.05) is 16.9 Å². The van der Waals surface area contributed by atoms with Crippen molar-refractivity contribution in [2.45, 2.75) is 19.4 Å². The third-order valence-electron chi connectivity index (χ3n) is 2.89. The van der Waals surface area contributed by atoms with Crippen molar-refractivity contribution in [1.29, 1.82) is 5.26 Å². The molecule has 4 nitrogen and oxygen atoms in total. The zero-order valence-corrected chi connectivity index (χ0v) is 8.84. The summed E-state index contributed by atoms with van der Waals surface area (Å²) in [5, 5.41) is 13.0. The Hall–Kier alpha value is -1.34. The van der Waals surface area contributed by atoms with Crippen LogP contribution in [0.5, 0.6) is 0 Å². The highest BCUT2D eigenvalue weighted by Crippen LogP contribution is 2.14. The van der Waals surface area contributed by atoms with Crippen molar-refractivity contribution in [2.75, 3.05) is 19.6 Å². The van der Waals surface area contributed by atoms with Gasteiger partial charge in [-0.15, -0.1) is 0 Å². The lowest BCUT2D eigenvalue weighted by Gasteiger charge is -2.29. The molecule has 0 N–H and O–H groups in total. The Labute approximate surface area is 90.1 Å². The van der Waals surface area contributed by atoms with E-state index in [0.717, 1.165) is 39.0 Å². The highest BCUT2D eigenvalue weighted by Gasteiger charge is 2.18. The summed E-state index contributed by atoms with van der Waals surface area (Å²) >= 11 is 0. The Morgan fingerprint density at radius 1 is 1.47 bits per heavy atom. The number of piperidine rings is 1. The van der Waals surface area contributed by atoms with Gasteiger partial charge in [-0.25, -0.2) is 0 Å². The van der Waals surface area contributed by atoms with Crippen LogP contribution in [0, 0.1) is 17.2 Å². The first kappa shape index (κ1) is 10.2. The van der Waals surface area contributed by atoms with Crippen LogP contribution in [0.25, 0.3) is 0 Å². The van der Waals surface area contributed by atoms with E-state index >= 15 is 0 Å². The van der Waals surface area contributed by atoms with E-state index in [-0.39, 0.29) is 5.92 Å². The number of hydrogen-bond donors (Lipinski definition) is 0. The number of hydrogen-bond acceptors (Lipinski definition) is 3. The SMILES string of the molecule is N#CC1CCCN(CCn2cccn2)C1. The van der Waals surface area contributed by atoms with E-state index in [0.29, 0.717) is 0 Å². The second kappa shape index (κ2) is 4.94. The van der Waals surface area contributed by atoms with E-state index < -0.39 is 0 Å². The second-order valence-electron chi connectivity index (χ2n) is 4.04. The summed E-state index contributed by atoms with van der Waals surface area (Å²) in [6.07, 6.45) is 5.99. The smallest absolute Gasteiger partial charge is 0.0669 e. The maximum Gasteiger partial charge on any atom is 0.0669 e. The molecule has 1 fully saturated rings. The minimum Gasteiger partial charge on any atom is -0.300 e. The molecule has 1 aliphatic heterocycles. The number of nitrogens with zero attached hydrogens (tertiary/aromatic N) is 4. The van der Waals surface area contributed by atoms with Crippen LogP contribution in [0.15, 0.2) is 18.5 Å². The molecule has 1 aromatic rings. The molecule has 1 aromatic heterocycles. The second-order valence-corrected chi connectivity index (χ2v) is 4.04. The summed E-state index contributed by atoms with van der Waals surface area (Å²) in [6.45, 7) is 3.97. The Bertz CT molecular complexity index is 325. The van der Waals surface area contributed by atoms with Gasteiger partial charge >= 0.3 is 0 Å². The van der Waals surface area contributed by atoms with Gasteiger partial charge in [-0.1, -0.05) is 0 Å². The van der Waals surface area contributed by atoms with Crippen LogP contribution >= 0.6 is 0 Å². The Morgan fingerprint density at radius 3 is 3.13 bits per heavy atom. The Balaban J connectivity index is 1.77. The monoisotopic (exact) mass is 204 g/mol. The lowest BCUT2D eigenvalue weighted by atomic mass is 10.00. The summed E-state index contributed by atoms with van der Waals surface area (Å²) in [5.41, 5.74) is 0. The predicted molar refractivity (Wildman–Crippen MR) is 57.0 cm³/mol. The minimum atomic E-state index is 0.233. The molecule has 1 atom stereocenters. The highest BCUT2D eigenvalue weighted by atomic mass is 15.3. The van der Waals surface area contributed by atoms with Crippen LogP contribution in [-0.4, -0.2) is 34.3 Å². The van der Waals surface area contributed by atoms with Gasteiger partial charge in [0.05, 0.1) is 18.5 Å². The molecule has 4 heteroatoms. The number of likely N-dealkylation sites (tertiary alicyclic amines) is 1. The van der Waals surface area contributed by atoms with Crippen molar-refractivity contribution in [1.82, 2.24) is 14.7 Å². The summed E-state index contributed by atoms with van der Waals surface area (Å²) in [7, 11) is 0. The number of nitriles is 1. The van der Waals surface area contributed by atoms with Gasteiger partial charge in [0.25, 0.3) is 0 Å². The van der Waals surface area contributed by atoms with Crippen molar-refractivity contribution in [3.05, 3.63) is 18.5 Å². The molecule has 1 aliphatic rings. The van der Waals surface area contributed by atoms with Gasteiger partial charge < -0.3 is 4.90 Å². The van der Waals surface area contributed by atoms with Gasteiger partial charge in [-0.3, -0.25) is 4.68 Å². The summed E-state index contributed by atoms with van der Waals surface area (Å²) in [4.78, 5) is 2.36. The molecule has 2 heterocycles. The maximum atomic E-state index is 8.87. The van der Waals surface area contributed by atoms with Crippen LogP contribution in [0.3, 0.4) is 0 Å². The standard InChI is InChI=1S/C11H16N4/c12-9-11-3-1-5-14(10-11)7-8-15-6-2-4-13-15/h2,4,6,11H,1,3,5,7-8,10H2. The molecular formula is C11H16N4. The van der Waals surface area contributed by atoms with E-state index in [9.17, 15) is 0 Å². The van der Waals surface area contributed by atoms with Gasteiger partial charge in [0.15, 0.2) is 0 Å². The zero-order chi connectivity index (χ0) is 10.5. The lowest BCUT2D eigenvalue weighted by molar-refractivity contribution is 0.191.